The Bertz CT molecular complexity index is 842. The van der Waals surface area contributed by atoms with E-state index < -0.39 is 10.0 Å². The molecule has 0 radical (unpaired) electrons. The van der Waals surface area contributed by atoms with Gasteiger partial charge in [-0.3, -0.25) is 19.3 Å². The highest BCUT2D eigenvalue weighted by Crippen LogP contribution is 2.14. The van der Waals surface area contributed by atoms with Crippen LogP contribution in [-0.4, -0.2) is 73.0 Å². The van der Waals surface area contributed by atoms with Gasteiger partial charge in [0.25, 0.3) is 0 Å². The predicted molar refractivity (Wildman–Crippen MR) is 98.5 cm³/mol. The third-order valence-electron chi connectivity index (χ3n) is 4.63. The standard InChI is InChI=1S/C18H21N3O5S/c22-16-6-7-17(23)21(16)14-18(24)19-9-11-20(12-10-19)27(25,26)13-8-15-4-2-1-3-5-15/h1-5,8,13H,6-7,9-12,14H2/b13-8+. The SMILES string of the molecule is O=C(CN1C(=O)CCC1=O)N1CCN(S(=O)(=O)/C=C/c2ccccc2)CC1. The molecule has 0 aromatic heterocycles. The first-order valence-corrected chi connectivity index (χ1v) is 10.2. The fourth-order valence-corrected chi connectivity index (χ4v) is 4.21. The van der Waals surface area contributed by atoms with Crippen LogP contribution in [-0.2, 0) is 24.4 Å². The highest BCUT2D eigenvalue weighted by molar-refractivity contribution is 7.92. The van der Waals surface area contributed by atoms with E-state index in [4.69, 9.17) is 0 Å². The van der Waals surface area contributed by atoms with E-state index in [0.29, 0.717) is 0 Å². The second kappa shape index (κ2) is 8.01. The maximum atomic E-state index is 12.4. The molecule has 2 heterocycles. The zero-order valence-electron chi connectivity index (χ0n) is 14.8. The van der Waals surface area contributed by atoms with Gasteiger partial charge in [0.05, 0.1) is 0 Å². The number of sulfonamides is 1. The molecule has 0 aliphatic carbocycles. The summed E-state index contributed by atoms with van der Waals surface area (Å²) in [4.78, 5) is 38.0. The second-order valence-electron chi connectivity index (χ2n) is 6.41. The fraction of sp³-hybridized carbons (Fsp3) is 0.389. The van der Waals surface area contributed by atoms with E-state index in [2.05, 4.69) is 0 Å². The van der Waals surface area contributed by atoms with Crippen molar-refractivity contribution in [1.82, 2.24) is 14.1 Å². The Labute approximate surface area is 158 Å². The van der Waals surface area contributed by atoms with Crippen molar-refractivity contribution in [2.45, 2.75) is 12.8 Å². The Morgan fingerprint density at radius 2 is 1.56 bits per heavy atom. The van der Waals surface area contributed by atoms with E-state index in [-0.39, 0.29) is 63.3 Å². The van der Waals surface area contributed by atoms with Gasteiger partial charge < -0.3 is 4.90 Å². The Morgan fingerprint density at radius 3 is 2.15 bits per heavy atom. The van der Waals surface area contributed by atoms with Crippen molar-refractivity contribution in [3.8, 4) is 0 Å². The van der Waals surface area contributed by atoms with Gasteiger partial charge >= 0.3 is 0 Å². The average Bonchev–Trinajstić information content (AvgIpc) is 2.99. The molecule has 0 atom stereocenters. The van der Waals surface area contributed by atoms with Gasteiger partial charge in [-0.25, -0.2) is 8.42 Å². The number of imide groups is 1. The molecule has 0 saturated carbocycles. The summed E-state index contributed by atoms with van der Waals surface area (Å²) in [5, 5.41) is 1.17. The summed E-state index contributed by atoms with van der Waals surface area (Å²) >= 11 is 0. The van der Waals surface area contributed by atoms with Gasteiger partial charge in [-0.05, 0) is 11.6 Å². The quantitative estimate of drug-likeness (QED) is 0.672. The lowest BCUT2D eigenvalue weighted by atomic mass is 10.2. The number of amides is 3. The maximum Gasteiger partial charge on any atom is 0.242 e. The van der Waals surface area contributed by atoms with Gasteiger partial charge in [0, 0.05) is 44.4 Å². The van der Waals surface area contributed by atoms with Crippen LogP contribution in [0.15, 0.2) is 35.7 Å². The fourth-order valence-electron chi connectivity index (χ4n) is 3.04. The lowest BCUT2D eigenvalue weighted by Crippen LogP contribution is -2.52. The topological polar surface area (TPSA) is 95.1 Å². The van der Waals surface area contributed by atoms with Gasteiger partial charge in [0.15, 0.2) is 0 Å². The van der Waals surface area contributed by atoms with Crippen molar-refractivity contribution in [2.24, 2.45) is 0 Å². The van der Waals surface area contributed by atoms with Crippen LogP contribution in [0, 0.1) is 0 Å². The number of carbonyl (C=O) groups is 3. The van der Waals surface area contributed by atoms with Crippen LogP contribution in [0.5, 0.6) is 0 Å². The molecule has 27 heavy (non-hydrogen) atoms. The van der Waals surface area contributed by atoms with Crippen molar-refractivity contribution in [1.29, 1.82) is 0 Å². The number of rotatable bonds is 5. The average molecular weight is 391 g/mol. The molecule has 3 rings (SSSR count). The number of hydrogen-bond acceptors (Lipinski definition) is 5. The zero-order chi connectivity index (χ0) is 19.4. The molecule has 1 aromatic carbocycles. The number of piperazine rings is 1. The third kappa shape index (κ3) is 4.61. The smallest absolute Gasteiger partial charge is 0.242 e. The van der Waals surface area contributed by atoms with Gasteiger partial charge in [0.2, 0.25) is 27.7 Å². The Balaban J connectivity index is 1.55. The molecular formula is C18H21N3O5S. The van der Waals surface area contributed by atoms with Crippen molar-refractivity contribution in [3.63, 3.8) is 0 Å². The van der Waals surface area contributed by atoms with Gasteiger partial charge in [-0.15, -0.1) is 0 Å². The summed E-state index contributed by atoms with van der Waals surface area (Å²) in [6, 6.07) is 9.12. The summed E-state index contributed by atoms with van der Waals surface area (Å²) in [5.74, 6) is -1.00. The van der Waals surface area contributed by atoms with Gasteiger partial charge in [0.1, 0.15) is 6.54 Å². The summed E-state index contributed by atoms with van der Waals surface area (Å²) < 4.78 is 26.2. The molecule has 0 spiro atoms. The number of nitrogens with zero attached hydrogens (tertiary/aromatic N) is 3. The van der Waals surface area contributed by atoms with E-state index in [9.17, 15) is 22.8 Å². The Kier molecular flexibility index (Phi) is 5.71. The number of hydrogen-bond donors (Lipinski definition) is 0. The van der Waals surface area contributed by atoms with Crippen LogP contribution in [0.4, 0.5) is 0 Å². The first-order valence-electron chi connectivity index (χ1n) is 8.71. The molecule has 2 fully saturated rings. The van der Waals surface area contributed by atoms with Crippen LogP contribution in [0.1, 0.15) is 18.4 Å². The molecule has 2 aliphatic rings. The van der Waals surface area contributed by atoms with Crippen molar-refractivity contribution in [3.05, 3.63) is 41.3 Å². The summed E-state index contributed by atoms with van der Waals surface area (Å²) in [5.41, 5.74) is 0.787. The van der Waals surface area contributed by atoms with Crippen molar-refractivity contribution in [2.75, 3.05) is 32.7 Å². The zero-order valence-corrected chi connectivity index (χ0v) is 15.6. The minimum absolute atomic E-state index is 0.145. The van der Waals surface area contributed by atoms with E-state index in [1.54, 1.807) is 0 Å². The molecule has 0 unspecified atom stereocenters. The van der Waals surface area contributed by atoms with Crippen LogP contribution in [0.2, 0.25) is 0 Å². The van der Waals surface area contributed by atoms with Crippen LogP contribution in [0.25, 0.3) is 6.08 Å². The summed E-state index contributed by atoms with van der Waals surface area (Å²) in [7, 11) is -3.57. The van der Waals surface area contributed by atoms with Crippen LogP contribution < -0.4 is 0 Å². The second-order valence-corrected chi connectivity index (χ2v) is 8.23. The molecule has 144 valence electrons. The molecule has 0 bridgehead atoms. The molecule has 1 aromatic rings. The van der Waals surface area contributed by atoms with Crippen molar-refractivity contribution >= 4 is 33.8 Å². The molecular weight excluding hydrogens is 370 g/mol. The minimum atomic E-state index is -3.57. The minimum Gasteiger partial charge on any atom is -0.338 e. The molecule has 2 saturated heterocycles. The molecule has 2 aliphatic heterocycles. The van der Waals surface area contributed by atoms with Gasteiger partial charge in [-0.1, -0.05) is 30.3 Å². The monoisotopic (exact) mass is 391 g/mol. The lowest BCUT2D eigenvalue weighted by molar-refractivity contribution is -0.145. The lowest BCUT2D eigenvalue weighted by Gasteiger charge is -2.34. The van der Waals surface area contributed by atoms with E-state index >= 15 is 0 Å². The Morgan fingerprint density at radius 1 is 0.963 bits per heavy atom. The normalized spacial score (nSPS) is 19.3. The largest absolute Gasteiger partial charge is 0.338 e. The molecule has 3 amide bonds. The van der Waals surface area contributed by atoms with Gasteiger partial charge in [-0.2, -0.15) is 4.31 Å². The van der Waals surface area contributed by atoms with E-state index in [1.165, 1.54) is 20.7 Å². The van der Waals surface area contributed by atoms with E-state index in [1.807, 2.05) is 30.3 Å². The van der Waals surface area contributed by atoms with E-state index in [0.717, 1.165) is 10.5 Å². The molecule has 8 nitrogen and oxygen atoms in total. The highest BCUT2D eigenvalue weighted by atomic mass is 32.2. The molecule has 9 heteroatoms. The number of benzene rings is 1. The predicted octanol–water partition coefficient (Wildman–Crippen LogP) is 0.280. The highest BCUT2D eigenvalue weighted by Gasteiger charge is 2.33. The molecule has 0 N–H and O–H groups in total. The third-order valence-corrected chi connectivity index (χ3v) is 6.20. The first kappa shape index (κ1) is 19.2. The Hall–Kier alpha value is -2.52. The summed E-state index contributed by atoms with van der Waals surface area (Å²) in [6.45, 7) is 0.545. The van der Waals surface area contributed by atoms with Crippen molar-refractivity contribution < 1.29 is 22.8 Å². The maximum absolute atomic E-state index is 12.4. The number of likely N-dealkylation sites (tertiary alicyclic amines) is 1. The first-order chi connectivity index (χ1) is 12.9. The summed E-state index contributed by atoms with van der Waals surface area (Å²) in [6.07, 6.45) is 1.83. The number of carbonyl (C=O) groups excluding carboxylic acids is 3. The van der Waals surface area contributed by atoms with Crippen LogP contribution in [0.3, 0.4) is 0 Å². The van der Waals surface area contributed by atoms with Crippen LogP contribution >= 0.6 is 0 Å².